The van der Waals surface area contributed by atoms with Crippen molar-refractivity contribution >= 4 is 5.96 Å². The van der Waals surface area contributed by atoms with Crippen LogP contribution in [0.25, 0.3) is 0 Å². The third-order valence-corrected chi connectivity index (χ3v) is 5.12. The smallest absolute Gasteiger partial charge is 0.191 e. The molecule has 0 aromatic heterocycles. The molecule has 0 aliphatic carbocycles. The van der Waals surface area contributed by atoms with Gasteiger partial charge in [-0.05, 0) is 49.8 Å². The van der Waals surface area contributed by atoms with E-state index in [4.69, 9.17) is 14.5 Å². The molecule has 0 saturated carbocycles. The molecule has 2 rings (SSSR count). The second-order valence-electron chi connectivity index (χ2n) is 7.88. The van der Waals surface area contributed by atoms with E-state index in [9.17, 15) is 0 Å². The molecule has 1 aliphatic rings. The molecule has 29 heavy (non-hydrogen) atoms. The number of ether oxygens (including phenoxy) is 2. The van der Waals surface area contributed by atoms with Gasteiger partial charge in [-0.25, -0.2) is 4.99 Å². The van der Waals surface area contributed by atoms with E-state index in [2.05, 4.69) is 53.6 Å². The molecule has 6 heteroatoms. The fourth-order valence-corrected chi connectivity index (χ4v) is 3.58. The first-order valence-electron chi connectivity index (χ1n) is 11.1. The fraction of sp³-hybridized carbons (Fsp3) is 0.696. The zero-order valence-corrected chi connectivity index (χ0v) is 18.6. The number of piperidine rings is 1. The number of benzene rings is 1. The molecule has 0 radical (unpaired) electrons. The highest BCUT2D eigenvalue weighted by Crippen LogP contribution is 2.18. The van der Waals surface area contributed by atoms with E-state index < -0.39 is 0 Å². The van der Waals surface area contributed by atoms with Crippen molar-refractivity contribution in [1.29, 1.82) is 0 Å². The summed E-state index contributed by atoms with van der Waals surface area (Å²) in [5.74, 6) is 1.68. The van der Waals surface area contributed by atoms with Crippen molar-refractivity contribution < 1.29 is 9.47 Å². The standard InChI is InChI=1S/C23H40N4O2/c1-4-24-23(25-12-6-14-29-16-15-28-3)26-17-21-8-10-22(11-9-21)19-27-13-5-7-20(2)18-27/h8-11,20H,4-7,12-19H2,1-3H3,(H2,24,25,26). The Bertz CT molecular complexity index is 577. The van der Waals surface area contributed by atoms with E-state index in [1.165, 1.54) is 37.1 Å². The molecule has 1 saturated heterocycles. The predicted octanol–water partition coefficient (Wildman–Crippen LogP) is 3.03. The second-order valence-corrected chi connectivity index (χ2v) is 7.88. The SMILES string of the molecule is CCNC(=NCc1ccc(CN2CCCC(C)C2)cc1)NCCCOCCOC. The minimum atomic E-state index is 0.646. The van der Waals surface area contributed by atoms with Gasteiger partial charge in [-0.2, -0.15) is 0 Å². The van der Waals surface area contributed by atoms with Crippen molar-refractivity contribution in [3.8, 4) is 0 Å². The number of rotatable bonds is 12. The Morgan fingerprint density at radius 2 is 1.93 bits per heavy atom. The first-order chi connectivity index (χ1) is 14.2. The molecule has 1 aromatic rings. The lowest BCUT2D eigenvalue weighted by Crippen LogP contribution is -2.38. The molecule has 1 fully saturated rings. The van der Waals surface area contributed by atoms with Crippen molar-refractivity contribution in [3.05, 3.63) is 35.4 Å². The topological polar surface area (TPSA) is 58.1 Å². The highest BCUT2D eigenvalue weighted by Gasteiger charge is 2.16. The van der Waals surface area contributed by atoms with Crippen LogP contribution in [0.2, 0.25) is 0 Å². The highest BCUT2D eigenvalue weighted by atomic mass is 16.5. The van der Waals surface area contributed by atoms with Crippen molar-refractivity contribution in [2.45, 2.75) is 46.2 Å². The van der Waals surface area contributed by atoms with Crippen molar-refractivity contribution in [1.82, 2.24) is 15.5 Å². The lowest BCUT2D eigenvalue weighted by Gasteiger charge is -2.30. The molecular formula is C23H40N4O2. The molecule has 2 N–H and O–H groups in total. The van der Waals surface area contributed by atoms with Gasteiger partial charge in [-0.3, -0.25) is 4.90 Å². The molecule has 1 atom stereocenters. The summed E-state index contributed by atoms with van der Waals surface area (Å²) >= 11 is 0. The Balaban J connectivity index is 1.73. The highest BCUT2D eigenvalue weighted by molar-refractivity contribution is 5.79. The average molecular weight is 405 g/mol. The molecular weight excluding hydrogens is 364 g/mol. The summed E-state index contributed by atoms with van der Waals surface area (Å²) in [7, 11) is 1.69. The first-order valence-corrected chi connectivity index (χ1v) is 11.1. The lowest BCUT2D eigenvalue weighted by molar-refractivity contribution is 0.0698. The van der Waals surface area contributed by atoms with E-state index in [0.29, 0.717) is 19.8 Å². The molecule has 1 unspecified atom stereocenters. The molecule has 1 aromatic carbocycles. The zero-order valence-electron chi connectivity index (χ0n) is 18.6. The van der Waals surface area contributed by atoms with Crippen LogP contribution >= 0.6 is 0 Å². The van der Waals surface area contributed by atoms with E-state index in [1.54, 1.807) is 7.11 Å². The summed E-state index contributed by atoms with van der Waals surface area (Å²) in [5, 5.41) is 6.68. The predicted molar refractivity (Wildman–Crippen MR) is 120 cm³/mol. The minimum Gasteiger partial charge on any atom is -0.382 e. The Morgan fingerprint density at radius 1 is 1.14 bits per heavy atom. The van der Waals surface area contributed by atoms with Gasteiger partial charge >= 0.3 is 0 Å². The Morgan fingerprint density at radius 3 is 2.66 bits per heavy atom. The Hall–Kier alpha value is -1.63. The number of nitrogens with one attached hydrogen (secondary N) is 2. The Kier molecular flexibility index (Phi) is 11.7. The monoisotopic (exact) mass is 404 g/mol. The quantitative estimate of drug-likeness (QED) is 0.319. The van der Waals surface area contributed by atoms with E-state index in [-0.39, 0.29) is 0 Å². The molecule has 0 amide bonds. The minimum absolute atomic E-state index is 0.646. The third kappa shape index (κ3) is 10.1. The third-order valence-electron chi connectivity index (χ3n) is 5.12. The maximum Gasteiger partial charge on any atom is 0.191 e. The molecule has 0 bridgehead atoms. The van der Waals surface area contributed by atoms with Gasteiger partial charge in [-0.15, -0.1) is 0 Å². The van der Waals surface area contributed by atoms with Crippen molar-refractivity contribution in [2.24, 2.45) is 10.9 Å². The van der Waals surface area contributed by atoms with Crippen LogP contribution in [0.15, 0.2) is 29.3 Å². The lowest BCUT2D eigenvalue weighted by atomic mass is 9.99. The molecule has 0 spiro atoms. The molecule has 6 nitrogen and oxygen atoms in total. The summed E-state index contributed by atoms with van der Waals surface area (Å²) in [6.07, 6.45) is 3.64. The number of methoxy groups -OCH3 is 1. The summed E-state index contributed by atoms with van der Waals surface area (Å²) in [4.78, 5) is 7.29. The van der Waals surface area contributed by atoms with Gasteiger partial charge < -0.3 is 20.1 Å². The van der Waals surface area contributed by atoms with E-state index in [0.717, 1.165) is 44.5 Å². The van der Waals surface area contributed by atoms with Gasteiger partial charge in [0.1, 0.15) is 0 Å². The van der Waals surface area contributed by atoms with Crippen LogP contribution in [0.5, 0.6) is 0 Å². The van der Waals surface area contributed by atoms with Crippen molar-refractivity contribution in [2.75, 3.05) is 53.1 Å². The summed E-state index contributed by atoms with van der Waals surface area (Å²) in [5.41, 5.74) is 2.63. The summed E-state index contributed by atoms with van der Waals surface area (Å²) < 4.78 is 10.5. The normalized spacial score (nSPS) is 18.0. The first kappa shape index (κ1) is 23.6. The van der Waals surface area contributed by atoms with Gasteiger partial charge in [0.25, 0.3) is 0 Å². The van der Waals surface area contributed by atoms with Gasteiger partial charge in [0.15, 0.2) is 5.96 Å². The summed E-state index contributed by atoms with van der Waals surface area (Å²) in [6, 6.07) is 8.92. The maximum absolute atomic E-state index is 5.49. The van der Waals surface area contributed by atoms with Gasteiger partial charge in [0.05, 0.1) is 19.8 Å². The fourth-order valence-electron chi connectivity index (χ4n) is 3.58. The number of hydrogen-bond donors (Lipinski definition) is 2. The van der Waals surface area contributed by atoms with Crippen LogP contribution in [0.4, 0.5) is 0 Å². The number of likely N-dealkylation sites (tertiary alicyclic amines) is 1. The Labute approximate surface area is 177 Å². The van der Waals surface area contributed by atoms with E-state index >= 15 is 0 Å². The number of nitrogens with zero attached hydrogens (tertiary/aromatic N) is 2. The zero-order chi connectivity index (χ0) is 20.7. The van der Waals surface area contributed by atoms with Crippen LogP contribution in [0.1, 0.15) is 44.2 Å². The van der Waals surface area contributed by atoms with Crippen LogP contribution in [-0.4, -0.2) is 64.0 Å². The number of aliphatic imine (C=N–C) groups is 1. The van der Waals surface area contributed by atoms with Crippen LogP contribution in [0.3, 0.4) is 0 Å². The van der Waals surface area contributed by atoms with Gasteiger partial charge in [0, 0.05) is 39.9 Å². The molecule has 1 heterocycles. The van der Waals surface area contributed by atoms with E-state index in [1.807, 2.05) is 0 Å². The van der Waals surface area contributed by atoms with Gasteiger partial charge in [-0.1, -0.05) is 31.2 Å². The summed E-state index contributed by atoms with van der Waals surface area (Å²) in [6.45, 7) is 12.4. The van der Waals surface area contributed by atoms with Crippen molar-refractivity contribution in [3.63, 3.8) is 0 Å². The van der Waals surface area contributed by atoms with Crippen LogP contribution < -0.4 is 10.6 Å². The molecule has 164 valence electrons. The average Bonchev–Trinajstić information content (AvgIpc) is 2.72. The van der Waals surface area contributed by atoms with Crippen LogP contribution in [0, 0.1) is 5.92 Å². The number of guanidine groups is 1. The second kappa shape index (κ2) is 14.4. The largest absolute Gasteiger partial charge is 0.382 e. The molecule has 1 aliphatic heterocycles. The maximum atomic E-state index is 5.49. The van der Waals surface area contributed by atoms with Gasteiger partial charge in [0.2, 0.25) is 0 Å². The number of hydrogen-bond acceptors (Lipinski definition) is 4. The van der Waals surface area contributed by atoms with Crippen LogP contribution in [-0.2, 0) is 22.6 Å².